The molecule has 21 heavy (non-hydrogen) atoms. The molecule has 2 heterocycles. The third kappa shape index (κ3) is 4.60. The Hall–Kier alpha value is -1.82. The Kier molecular flexibility index (Phi) is 5.80. The van der Waals surface area contributed by atoms with Crippen LogP contribution in [0.15, 0.2) is 33.1 Å². The number of aryl methyl sites for hydroxylation is 1. The van der Waals surface area contributed by atoms with E-state index in [1.54, 1.807) is 18.4 Å². The van der Waals surface area contributed by atoms with Crippen molar-refractivity contribution in [2.45, 2.75) is 32.7 Å². The molecule has 2 N–H and O–H groups in total. The smallest absolute Gasteiger partial charge is 0.191 e. The van der Waals surface area contributed by atoms with Crippen molar-refractivity contribution in [2.24, 2.45) is 4.99 Å². The summed E-state index contributed by atoms with van der Waals surface area (Å²) in [6.07, 6.45) is 0.884. The second-order valence-electron chi connectivity index (χ2n) is 4.86. The van der Waals surface area contributed by atoms with Gasteiger partial charge in [-0.1, -0.05) is 25.1 Å². The molecule has 0 bridgehead atoms. The molecular weight excluding hydrogens is 284 g/mol. The van der Waals surface area contributed by atoms with Crippen LogP contribution in [0.3, 0.4) is 0 Å². The van der Waals surface area contributed by atoms with Gasteiger partial charge in [0.15, 0.2) is 11.7 Å². The van der Waals surface area contributed by atoms with Gasteiger partial charge in [0.05, 0.1) is 12.2 Å². The minimum Gasteiger partial charge on any atom is -0.359 e. The summed E-state index contributed by atoms with van der Waals surface area (Å²) < 4.78 is 5.24. The quantitative estimate of drug-likeness (QED) is 0.636. The van der Waals surface area contributed by atoms with Crippen molar-refractivity contribution >= 4 is 17.3 Å². The molecule has 1 unspecified atom stereocenters. The Morgan fingerprint density at radius 2 is 2.33 bits per heavy atom. The van der Waals surface area contributed by atoms with E-state index in [-0.39, 0.29) is 0 Å². The zero-order valence-electron chi connectivity index (χ0n) is 12.7. The van der Waals surface area contributed by atoms with Crippen LogP contribution in [0.2, 0.25) is 0 Å². The van der Waals surface area contributed by atoms with E-state index in [2.05, 4.69) is 52.1 Å². The van der Waals surface area contributed by atoms with E-state index in [9.17, 15) is 0 Å². The van der Waals surface area contributed by atoms with Gasteiger partial charge in [0, 0.05) is 30.5 Å². The van der Waals surface area contributed by atoms with Gasteiger partial charge in [-0.15, -0.1) is 11.3 Å². The third-order valence-corrected chi connectivity index (χ3v) is 4.33. The molecule has 0 fully saturated rings. The van der Waals surface area contributed by atoms with E-state index in [0.717, 1.165) is 30.4 Å². The van der Waals surface area contributed by atoms with Crippen molar-refractivity contribution in [3.63, 3.8) is 0 Å². The highest BCUT2D eigenvalue weighted by Gasteiger charge is 2.08. The predicted molar refractivity (Wildman–Crippen MR) is 86.8 cm³/mol. The van der Waals surface area contributed by atoms with Gasteiger partial charge in [-0.3, -0.25) is 4.99 Å². The molecular formula is C15H22N4OS. The molecule has 2 aromatic heterocycles. The summed E-state index contributed by atoms with van der Waals surface area (Å²) in [5, 5.41) is 12.6. The molecule has 2 rings (SSSR count). The van der Waals surface area contributed by atoms with Gasteiger partial charge in [0.1, 0.15) is 0 Å². The number of rotatable bonds is 6. The largest absolute Gasteiger partial charge is 0.359 e. The van der Waals surface area contributed by atoms with Crippen LogP contribution in [0.4, 0.5) is 0 Å². The SMILES string of the molecule is CCc1cc(CNC(=NC)NCC(C)c2cccs2)on1. The lowest BCUT2D eigenvalue weighted by molar-refractivity contribution is 0.374. The number of aliphatic imine (C=N–C) groups is 1. The standard InChI is InChI=1S/C15H22N4OS/c1-4-12-8-13(20-19-12)10-18-15(16-3)17-9-11(2)14-6-5-7-21-14/h5-8,11H,4,9-10H2,1-3H3,(H2,16,17,18). The van der Waals surface area contributed by atoms with Crippen LogP contribution in [0.5, 0.6) is 0 Å². The fourth-order valence-corrected chi connectivity index (χ4v) is 2.71. The first-order valence-corrected chi connectivity index (χ1v) is 8.03. The highest BCUT2D eigenvalue weighted by Crippen LogP contribution is 2.19. The summed E-state index contributed by atoms with van der Waals surface area (Å²) >= 11 is 1.78. The molecule has 0 saturated carbocycles. The van der Waals surface area contributed by atoms with Crippen molar-refractivity contribution in [1.29, 1.82) is 0 Å². The molecule has 0 spiro atoms. The van der Waals surface area contributed by atoms with Gasteiger partial charge in [0.2, 0.25) is 0 Å². The summed E-state index contributed by atoms with van der Waals surface area (Å²) in [6.45, 7) is 5.69. The maximum absolute atomic E-state index is 5.24. The molecule has 5 nitrogen and oxygen atoms in total. The van der Waals surface area contributed by atoms with Crippen LogP contribution in [0.1, 0.15) is 36.1 Å². The molecule has 2 aromatic rings. The molecule has 6 heteroatoms. The van der Waals surface area contributed by atoms with E-state index in [1.807, 2.05) is 6.07 Å². The van der Waals surface area contributed by atoms with Gasteiger partial charge in [-0.05, 0) is 17.9 Å². The van der Waals surface area contributed by atoms with Gasteiger partial charge in [-0.2, -0.15) is 0 Å². The van der Waals surface area contributed by atoms with Crippen LogP contribution in [-0.2, 0) is 13.0 Å². The number of guanidine groups is 1. The summed E-state index contributed by atoms with van der Waals surface area (Å²) in [7, 11) is 1.77. The van der Waals surface area contributed by atoms with Gasteiger partial charge >= 0.3 is 0 Å². The number of hydrogen-bond acceptors (Lipinski definition) is 4. The van der Waals surface area contributed by atoms with Gasteiger partial charge in [-0.25, -0.2) is 0 Å². The molecule has 0 aromatic carbocycles. The fourth-order valence-electron chi connectivity index (χ4n) is 1.92. The van der Waals surface area contributed by atoms with Crippen molar-refractivity contribution in [1.82, 2.24) is 15.8 Å². The molecule has 0 aliphatic carbocycles. The monoisotopic (exact) mass is 306 g/mol. The first-order valence-electron chi connectivity index (χ1n) is 7.15. The van der Waals surface area contributed by atoms with Crippen molar-refractivity contribution in [3.05, 3.63) is 39.9 Å². The van der Waals surface area contributed by atoms with Gasteiger partial charge < -0.3 is 15.2 Å². The molecule has 1 atom stereocenters. The van der Waals surface area contributed by atoms with E-state index in [0.29, 0.717) is 12.5 Å². The first-order chi connectivity index (χ1) is 10.2. The lowest BCUT2D eigenvalue weighted by atomic mass is 10.1. The second-order valence-corrected chi connectivity index (χ2v) is 5.84. The minimum atomic E-state index is 0.459. The topological polar surface area (TPSA) is 62.5 Å². The number of hydrogen-bond donors (Lipinski definition) is 2. The van der Waals surface area contributed by atoms with Crippen LogP contribution in [-0.4, -0.2) is 24.7 Å². The third-order valence-electron chi connectivity index (χ3n) is 3.23. The summed E-state index contributed by atoms with van der Waals surface area (Å²) in [5.74, 6) is 2.05. The van der Waals surface area contributed by atoms with Gasteiger partial charge in [0.25, 0.3) is 0 Å². The Bertz CT molecular complexity index is 562. The number of nitrogens with one attached hydrogen (secondary N) is 2. The van der Waals surface area contributed by atoms with E-state index < -0.39 is 0 Å². The molecule has 0 aliphatic heterocycles. The molecule has 0 amide bonds. The van der Waals surface area contributed by atoms with Crippen LogP contribution >= 0.6 is 11.3 Å². The van der Waals surface area contributed by atoms with Crippen LogP contribution in [0, 0.1) is 0 Å². The van der Waals surface area contributed by atoms with Crippen molar-refractivity contribution < 1.29 is 4.52 Å². The maximum Gasteiger partial charge on any atom is 0.191 e. The lowest BCUT2D eigenvalue weighted by Crippen LogP contribution is -2.38. The predicted octanol–water partition coefficient (Wildman–Crippen LogP) is 2.77. The number of thiophene rings is 1. The second kappa shape index (κ2) is 7.83. The summed E-state index contributed by atoms with van der Waals surface area (Å²) in [6, 6.07) is 6.21. The average Bonchev–Trinajstić information content (AvgIpc) is 3.18. The van der Waals surface area contributed by atoms with Crippen molar-refractivity contribution in [3.8, 4) is 0 Å². The summed E-state index contributed by atoms with van der Waals surface area (Å²) in [5.41, 5.74) is 0.973. The minimum absolute atomic E-state index is 0.459. The van der Waals surface area contributed by atoms with E-state index in [1.165, 1.54) is 4.88 Å². The maximum atomic E-state index is 5.24. The Morgan fingerprint density at radius 1 is 1.48 bits per heavy atom. The average molecular weight is 306 g/mol. The Labute approximate surface area is 129 Å². The Balaban J connectivity index is 1.78. The zero-order valence-corrected chi connectivity index (χ0v) is 13.5. The highest BCUT2D eigenvalue weighted by molar-refractivity contribution is 7.10. The van der Waals surface area contributed by atoms with E-state index >= 15 is 0 Å². The molecule has 114 valence electrons. The molecule has 0 aliphatic rings. The van der Waals surface area contributed by atoms with Crippen molar-refractivity contribution in [2.75, 3.05) is 13.6 Å². The zero-order chi connectivity index (χ0) is 15.1. The molecule has 0 saturated heterocycles. The normalized spacial score (nSPS) is 13.2. The number of nitrogens with zero attached hydrogens (tertiary/aromatic N) is 2. The number of aromatic nitrogens is 1. The highest BCUT2D eigenvalue weighted by atomic mass is 32.1. The Morgan fingerprint density at radius 3 is 2.95 bits per heavy atom. The van der Waals surface area contributed by atoms with Crippen LogP contribution < -0.4 is 10.6 Å². The van der Waals surface area contributed by atoms with Crippen LogP contribution in [0.25, 0.3) is 0 Å². The summed E-state index contributed by atoms with van der Waals surface area (Å²) in [4.78, 5) is 5.59. The first kappa shape index (κ1) is 15.6. The molecule has 0 radical (unpaired) electrons. The van der Waals surface area contributed by atoms with E-state index in [4.69, 9.17) is 4.52 Å². The lowest BCUT2D eigenvalue weighted by Gasteiger charge is -2.14. The fraction of sp³-hybridized carbons (Fsp3) is 0.467.